The van der Waals surface area contributed by atoms with Gasteiger partial charge in [-0.2, -0.15) is 4.31 Å². The van der Waals surface area contributed by atoms with E-state index >= 15 is 0 Å². The van der Waals surface area contributed by atoms with Crippen LogP contribution in [0.25, 0.3) is 0 Å². The minimum atomic E-state index is -3.73. The van der Waals surface area contributed by atoms with Gasteiger partial charge in [0.25, 0.3) is 5.91 Å². The molecule has 2 fully saturated rings. The number of piperidine rings is 1. The van der Waals surface area contributed by atoms with Crippen LogP contribution < -0.4 is 10.6 Å². The van der Waals surface area contributed by atoms with Crippen LogP contribution in [-0.2, 0) is 32.4 Å². The average Bonchev–Trinajstić information content (AvgIpc) is 3.46. The van der Waals surface area contributed by atoms with Gasteiger partial charge in [0.1, 0.15) is 6.23 Å². The number of hydrogen-bond acceptors (Lipinski definition) is 5. The summed E-state index contributed by atoms with van der Waals surface area (Å²) in [7, 11) is -3.73. The van der Waals surface area contributed by atoms with Crippen molar-refractivity contribution in [1.82, 2.24) is 14.9 Å². The molecular weight excluding hydrogens is 466 g/mol. The molecule has 3 unspecified atom stereocenters. The number of nitrogens with one attached hydrogen (secondary N) is 2. The Kier molecular flexibility index (Phi) is 6.48. The lowest BCUT2D eigenvalue weighted by Crippen LogP contribution is -2.45. The second-order valence-corrected chi connectivity index (χ2v) is 11.3. The number of hydrogen-bond donors (Lipinski definition) is 2. The molecule has 2 aliphatic heterocycles. The molecule has 8 nitrogen and oxygen atoms in total. The zero-order chi connectivity index (χ0) is 24.6. The standard InChI is InChI=1S/C26H29N3O5S/c1-2-24(30)28-25-15-20-11-12-29(16-23(20)34-25)35(32,33)22-9-7-17(8-10-22)26(31)27-21-13-18-5-3-4-6-19(18)14-21/h2-10,20-21,23,25H,1,11-16H2,(H,27,31)(H,28,30). The molecule has 2 aromatic rings. The number of rotatable bonds is 6. The van der Waals surface area contributed by atoms with Crippen molar-refractivity contribution in [1.29, 1.82) is 0 Å². The van der Waals surface area contributed by atoms with Gasteiger partial charge < -0.3 is 15.4 Å². The van der Waals surface area contributed by atoms with Gasteiger partial charge in [-0.3, -0.25) is 9.59 Å². The molecule has 0 aromatic heterocycles. The van der Waals surface area contributed by atoms with Gasteiger partial charge in [-0.1, -0.05) is 30.8 Å². The lowest BCUT2D eigenvalue weighted by molar-refractivity contribution is -0.120. The van der Waals surface area contributed by atoms with Crippen molar-refractivity contribution >= 4 is 21.8 Å². The minimum absolute atomic E-state index is 0.0381. The van der Waals surface area contributed by atoms with Crippen LogP contribution in [0, 0.1) is 5.92 Å². The second-order valence-electron chi connectivity index (χ2n) is 9.40. The normalized spacial score (nSPS) is 24.4. The zero-order valence-corrected chi connectivity index (χ0v) is 20.2. The summed E-state index contributed by atoms with van der Waals surface area (Å²) in [6.45, 7) is 4.06. The Bertz CT molecular complexity index is 1220. The van der Waals surface area contributed by atoms with E-state index in [-0.39, 0.29) is 41.3 Å². The molecule has 184 valence electrons. The molecule has 2 heterocycles. The van der Waals surface area contributed by atoms with Gasteiger partial charge in [-0.05, 0) is 73.1 Å². The maximum atomic E-state index is 13.3. The van der Waals surface area contributed by atoms with E-state index in [0.29, 0.717) is 24.9 Å². The number of ether oxygens (including phenoxy) is 1. The largest absolute Gasteiger partial charge is 0.354 e. The van der Waals surface area contributed by atoms with E-state index in [1.165, 1.54) is 33.6 Å². The first-order valence-corrected chi connectivity index (χ1v) is 13.3. The third kappa shape index (κ3) is 4.89. The molecule has 35 heavy (non-hydrogen) atoms. The SMILES string of the molecule is C=CC(=O)NC1CC2CCN(S(=O)(=O)c3ccc(C(=O)NC4Cc5ccccc5C4)cc3)CC2O1. The maximum Gasteiger partial charge on any atom is 0.251 e. The van der Waals surface area contributed by atoms with Gasteiger partial charge in [-0.25, -0.2) is 8.42 Å². The van der Waals surface area contributed by atoms with Crippen molar-refractivity contribution in [2.24, 2.45) is 5.92 Å². The van der Waals surface area contributed by atoms with E-state index in [9.17, 15) is 18.0 Å². The highest BCUT2D eigenvalue weighted by molar-refractivity contribution is 7.89. The smallest absolute Gasteiger partial charge is 0.251 e. The van der Waals surface area contributed by atoms with Crippen LogP contribution in [0.2, 0.25) is 0 Å². The summed E-state index contributed by atoms with van der Waals surface area (Å²) >= 11 is 0. The van der Waals surface area contributed by atoms with Crippen molar-refractivity contribution in [2.75, 3.05) is 13.1 Å². The summed E-state index contributed by atoms with van der Waals surface area (Å²) in [5.41, 5.74) is 2.94. The number of benzene rings is 2. The zero-order valence-electron chi connectivity index (χ0n) is 19.4. The van der Waals surface area contributed by atoms with Crippen molar-refractivity contribution in [3.8, 4) is 0 Å². The molecule has 3 atom stereocenters. The number of sulfonamides is 1. The molecule has 9 heteroatoms. The predicted molar refractivity (Wildman–Crippen MR) is 130 cm³/mol. The summed E-state index contributed by atoms with van der Waals surface area (Å²) in [5, 5.41) is 5.79. The van der Waals surface area contributed by atoms with Gasteiger partial charge in [0.2, 0.25) is 15.9 Å². The highest BCUT2D eigenvalue weighted by Crippen LogP contribution is 2.34. The summed E-state index contributed by atoms with van der Waals surface area (Å²) in [4.78, 5) is 24.5. The van der Waals surface area contributed by atoms with Crippen LogP contribution in [0.1, 0.15) is 34.3 Å². The van der Waals surface area contributed by atoms with Gasteiger partial charge in [0, 0.05) is 24.7 Å². The fourth-order valence-corrected chi connectivity index (χ4v) is 6.76. The predicted octanol–water partition coefficient (Wildman–Crippen LogP) is 2.01. The molecular formula is C26H29N3O5S. The highest BCUT2D eigenvalue weighted by Gasteiger charge is 2.42. The van der Waals surface area contributed by atoms with Crippen LogP contribution >= 0.6 is 0 Å². The molecule has 2 amide bonds. The van der Waals surface area contributed by atoms with Crippen molar-refractivity contribution in [2.45, 2.75) is 49.0 Å². The van der Waals surface area contributed by atoms with Crippen molar-refractivity contribution in [3.63, 3.8) is 0 Å². The first-order valence-electron chi connectivity index (χ1n) is 11.9. The highest BCUT2D eigenvalue weighted by atomic mass is 32.2. The lowest BCUT2D eigenvalue weighted by Gasteiger charge is -2.33. The maximum absolute atomic E-state index is 13.3. The molecule has 0 spiro atoms. The fraction of sp³-hybridized carbons (Fsp3) is 0.385. The first-order chi connectivity index (χ1) is 16.8. The van der Waals surface area contributed by atoms with Gasteiger partial charge in [0.05, 0.1) is 11.0 Å². The van der Waals surface area contributed by atoms with Gasteiger partial charge >= 0.3 is 0 Å². The van der Waals surface area contributed by atoms with Gasteiger partial charge in [-0.15, -0.1) is 0 Å². The summed E-state index contributed by atoms with van der Waals surface area (Å²) < 4.78 is 33.8. The molecule has 2 N–H and O–H groups in total. The summed E-state index contributed by atoms with van der Waals surface area (Å²) in [5.74, 6) is -0.316. The van der Waals surface area contributed by atoms with E-state index in [4.69, 9.17) is 4.74 Å². The fourth-order valence-electron chi connectivity index (χ4n) is 5.29. The Balaban J connectivity index is 1.20. The third-order valence-corrected chi connectivity index (χ3v) is 9.02. The molecule has 2 aromatic carbocycles. The van der Waals surface area contributed by atoms with Crippen LogP contribution in [0.15, 0.2) is 66.1 Å². The van der Waals surface area contributed by atoms with Crippen LogP contribution in [-0.4, -0.2) is 56.0 Å². The van der Waals surface area contributed by atoms with Crippen molar-refractivity contribution < 1.29 is 22.7 Å². The van der Waals surface area contributed by atoms with Gasteiger partial charge in [0.15, 0.2) is 0 Å². The molecule has 0 radical (unpaired) electrons. The summed E-state index contributed by atoms with van der Waals surface area (Å²) in [6, 6.07) is 14.3. The van der Waals surface area contributed by atoms with E-state index < -0.39 is 16.3 Å². The Hall–Kier alpha value is -3.01. The second kappa shape index (κ2) is 9.56. The van der Waals surface area contributed by atoms with Crippen LogP contribution in [0.4, 0.5) is 0 Å². The first kappa shape index (κ1) is 23.7. The minimum Gasteiger partial charge on any atom is -0.354 e. The van der Waals surface area contributed by atoms with Crippen molar-refractivity contribution in [3.05, 3.63) is 77.9 Å². The van der Waals surface area contributed by atoms with E-state index in [1.807, 2.05) is 12.1 Å². The van der Waals surface area contributed by atoms with E-state index in [2.05, 4.69) is 29.3 Å². The third-order valence-electron chi connectivity index (χ3n) is 7.14. The number of nitrogens with zero attached hydrogens (tertiary/aromatic N) is 1. The van der Waals surface area contributed by atoms with E-state index in [1.54, 1.807) is 12.1 Å². The molecule has 1 aliphatic carbocycles. The summed E-state index contributed by atoms with van der Waals surface area (Å²) in [6.07, 6.45) is 3.41. The Labute approximate surface area is 205 Å². The number of amides is 2. The lowest BCUT2D eigenvalue weighted by atomic mass is 9.94. The number of fused-ring (bicyclic) bond motifs is 2. The molecule has 2 saturated heterocycles. The monoisotopic (exact) mass is 495 g/mol. The molecule has 0 saturated carbocycles. The quantitative estimate of drug-likeness (QED) is 0.597. The molecule has 5 rings (SSSR count). The Morgan fingerprint density at radius 3 is 2.37 bits per heavy atom. The van der Waals surface area contributed by atoms with Crippen LogP contribution in [0.3, 0.4) is 0 Å². The average molecular weight is 496 g/mol. The molecule has 0 bridgehead atoms. The topological polar surface area (TPSA) is 105 Å². The molecule has 3 aliphatic rings. The van der Waals surface area contributed by atoms with E-state index in [0.717, 1.165) is 12.8 Å². The Morgan fingerprint density at radius 2 is 1.71 bits per heavy atom. The van der Waals surface area contributed by atoms with Crippen LogP contribution in [0.5, 0.6) is 0 Å². The number of carbonyl (C=O) groups excluding carboxylic acids is 2. The number of carbonyl (C=O) groups is 2. The Morgan fingerprint density at radius 1 is 1.03 bits per heavy atom.